The smallest absolute Gasteiger partial charge is 0.327 e. The highest BCUT2D eigenvalue weighted by atomic mass is 16.5. The van der Waals surface area contributed by atoms with Crippen LogP contribution in [0, 0.1) is 5.92 Å². The van der Waals surface area contributed by atoms with Crippen LogP contribution in [0.5, 0.6) is 0 Å². The van der Waals surface area contributed by atoms with Gasteiger partial charge in [0.25, 0.3) is 0 Å². The number of hydrogen-bond donors (Lipinski definition) is 1. The van der Waals surface area contributed by atoms with E-state index in [1.807, 2.05) is 20.9 Å². The summed E-state index contributed by atoms with van der Waals surface area (Å²) < 4.78 is 5.18. The molecule has 0 saturated heterocycles. The lowest BCUT2D eigenvalue weighted by Crippen LogP contribution is -2.57. The molecule has 106 valence electrons. The molecule has 0 aromatic carbocycles. The van der Waals surface area contributed by atoms with Gasteiger partial charge >= 0.3 is 5.97 Å². The van der Waals surface area contributed by atoms with E-state index < -0.39 is 5.54 Å². The van der Waals surface area contributed by atoms with Crippen molar-refractivity contribution >= 4 is 5.97 Å². The van der Waals surface area contributed by atoms with Gasteiger partial charge in [-0.3, -0.25) is 9.69 Å². The molecule has 1 rings (SSSR count). The Morgan fingerprint density at radius 3 is 2.50 bits per heavy atom. The highest BCUT2D eigenvalue weighted by Crippen LogP contribution is 2.29. The molecule has 18 heavy (non-hydrogen) atoms. The van der Waals surface area contributed by atoms with Gasteiger partial charge in [-0.2, -0.15) is 0 Å². The van der Waals surface area contributed by atoms with E-state index in [0.29, 0.717) is 18.6 Å². The first-order valence-electron chi connectivity index (χ1n) is 7.03. The summed E-state index contributed by atoms with van der Waals surface area (Å²) in [5, 5.41) is 3.13. The predicted octanol–water partition coefficient (Wildman–Crippen LogP) is 1.65. The fourth-order valence-corrected chi connectivity index (χ4v) is 2.19. The third kappa shape index (κ3) is 4.25. The van der Waals surface area contributed by atoms with E-state index in [0.717, 1.165) is 13.1 Å². The van der Waals surface area contributed by atoms with E-state index >= 15 is 0 Å². The minimum Gasteiger partial charge on any atom is -0.465 e. The van der Waals surface area contributed by atoms with Crippen LogP contribution in [0.15, 0.2) is 0 Å². The first kappa shape index (κ1) is 15.4. The number of carbonyl (C=O) groups is 1. The first-order valence-corrected chi connectivity index (χ1v) is 7.03. The average molecular weight is 256 g/mol. The maximum Gasteiger partial charge on any atom is 0.327 e. The Kier molecular flexibility index (Phi) is 5.60. The topological polar surface area (TPSA) is 41.6 Å². The van der Waals surface area contributed by atoms with Crippen molar-refractivity contribution in [3.63, 3.8) is 0 Å². The molecule has 1 fully saturated rings. The molecule has 1 unspecified atom stereocenters. The molecule has 1 atom stereocenters. The van der Waals surface area contributed by atoms with Crippen molar-refractivity contribution in [2.45, 2.75) is 52.1 Å². The van der Waals surface area contributed by atoms with Crippen LogP contribution in [-0.4, -0.2) is 49.2 Å². The Hall–Kier alpha value is -0.610. The fourth-order valence-electron chi connectivity index (χ4n) is 2.19. The van der Waals surface area contributed by atoms with Crippen LogP contribution in [0.3, 0.4) is 0 Å². The van der Waals surface area contributed by atoms with Crippen molar-refractivity contribution in [1.29, 1.82) is 0 Å². The molecule has 0 aliphatic heterocycles. The van der Waals surface area contributed by atoms with E-state index in [-0.39, 0.29) is 5.97 Å². The number of nitrogens with one attached hydrogen (secondary N) is 1. The second kappa shape index (κ2) is 6.53. The van der Waals surface area contributed by atoms with Gasteiger partial charge in [-0.25, -0.2) is 0 Å². The molecule has 0 aromatic heterocycles. The van der Waals surface area contributed by atoms with Crippen molar-refractivity contribution in [3.05, 3.63) is 0 Å². The minimum atomic E-state index is -0.604. The SMILES string of the molecule is CCOC(=O)C(C)(CN(CC(C)C)C1CC1)NC. The van der Waals surface area contributed by atoms with Gasteiger partial charge in [-0.05, 0) is 39.7 Å². The summed E-state index contributed by atoms with van der Waals surface area (Å²) in [7, 11) is 1.83. The minimum absolute atomic E-state index is 0.151. The Bertz CT molecular complexity index is 277. The maximum atomic E-state index is 12.0. The van der Waals surface area contributed by atoms with Gasteiger partial charge in [0, 0.05) is 19.1 Å². The molecule has 1 aliphatic carbocycles. The van der Waals surface area contributed by atoms with E-state index in [1.54, 1.807) is 0 Å². The van der Waals surface area contributed by atoms with E-state index in [2.05, 4.69) is 24.1 Å². The number of rotatable bonds is 8. The molecule has 0 aromatic rings. The van der Waals surface area contributed by atoms with Crippen LogP contribution < -0.4 is 5.32 Å². The largest absolute Gasteiger partial charge is 0.465 e. The molecule has 1 aliphatic rings. The van der Waals surface area contributed by atoms with Crippen LogP contribution in [0.25, 0.3) is 0 Å². The van der Waals surface area contributed by atoms with Gasteiger partial charge in [-0.15, -0.1) is 0 Å². The van der Waals surface area contributed by atoms with Crippen LogP contribution in [0.2, 0.25) is 0 Å². The summed E-state index contributed by atoms with van der Waals surface area (Å²) in [6.45, 7) is 10.4. The summed E-state index contributed by atoms with van der Waals surface area (Å²) in [6.07, 6.45) is 2.52. The zero-order valence-electron chi connectivity index (χ0n) is 12.5. The molecule has 0 amide bonds. The van der Waals surface area contributed by atoms with Crippen LogP contribution in [-0.2, 0) is 9.53 Å². The molecule has 4 heteroatoms. The standard InChI is InChI=1S/C14H28N2O2/c1-6-18-13(17)14(4,15-5)10-16(9-11(2)3)12-7-8-12/h11-12,15H,6-10H2,1-5H3. The van der Waals surface area contributed by atoms with Gasteiger partial charge in [0.2, 0.25) is 0 Å². The van der Waals surface area contributed by atoms with Gasteiger partial charge in [0.05, 0.1) is 6.61 Å². The maximum absolute atomic E-state index is 12.0. The molecular formula is C14H28N2O2. The van der Waals surface area contributed by atoms with Crippen molar-refractivity contribution in [2.75, 3.05) is 26.7 Å². The normalized spacial score (nSPS) is 19.1. The number of hydrogen-bond acceptors (Lipinski definition) is 4. The summed E-state index contributed by atoms with van der Waals surface area (Å²) in [6, 6.07) is 0.662. The highest BCUT2D eigenvalue weighted by Gasteiger charge is 2.39. The Morgan fingerprint density at radius 2 is 2.11 bits per heavy atom. The summed E-state index contributed by atoms with van der Waals surface area (Å²) in [5.41, 5.74) is -0.604. The number of likely N-dealkylation sites (N-methyl/N-ethyl adjacent to an activating group) is 1. The molecule has 0 radical (unpaired) electrons. The Balaban J connectivity index is 2.65. The molecule has 1 N–H and O–H groups in total. The predicted molar refractivity (Wildman–Crippen MR) is 73.5 cm³/mol. The van der Waals surface area contributed by atoms with Gasteiger partial charge < -0.3 is 10.1 Å². The lowest BCUT2D eigenvalue weighted by molar-refractivity contribution is -0.151. The van der Waals surface area contributed by atoms with Crippen molar-refractivity contribution in [1.82, 2.24) is 10.2 Å². The van der Waals surface area contributed by atoms with Crippen LogP contribution in [0.1, 0.15) is 40.5 Å². The van der Waals surface area contributed by atoms with Crippen LogP contribution >= 0.6 is 0 Å². The van der Waals surface area contributed by atoms with Gasteiger partial charge in [0.1, 0.15) is 5.54 Å². The van der Waals surface area contributed by atoms with Gasteiger partial charge in [0.15, 0.2) is 0 Å². The molecule has 0 spiro atoms. The third-order valence-electron chi connectivity index (χ3n) is 3.46. The fraction of sp³-hybridized carbons (Fsp3) is 0.929. The summed E-state index contributed by atoms with van der Waals surface area (Å²) >= 11 is 0. The number of carbonyl (C=O) groups excluding carboxylic acids is 1. The molecule has 0 bridgehead atoms. The van der Waals surface area contributed by atoms with Crippen molar-refractivity contribution in [2.24, 2.45) is 5.92 Å². The van der Waals surface area contributed by atoms with E-state index in [4.69, 9.17) is 4.74 Å². The molecule has 4 nitrogen and oxygen atoms in total. The van der Waals surface area contributed by atoms with Crippen molar-refractivity contribution < 1.29 is 9.53 Å². The van der Waals surface area contributed by atoms with E-state index in [1.165, 1.54) is 12.8 Å². The molecule has 0 heterocycles. The number of esters is 1. The van der Waals surface area contributed by atoms with Crippen molar-refractivity contribution in [3.8, 4) is 0 Å². The average Bonchev–Trinajstić information content (AvgIpc) is 3.11. The van der Waals surface area contributed by atoms with Gasteiger partial charge in [-0.1, -0.05) is 13.8 Å². The summed E-state index contributed by atoms with van der Waals surface area (Å²) in [4.78, 5) is 14.5. The first-order chi connectivity index (χ1) is 8.42. The lowest BCUT2D eigenvalue weighted by atomic mass is 10.0. The second-order valence-electron chi connectivity index (χ2n) is 5.86. The lowest BCUT2D eigenvalue weighted by Gasteiger charge is -2.34. The molecule has 1 saturated carbocycles. The van der Waals surface area contributed by atoms with Crippen LogP contribution in [0.4, 0.5) is 0 Å². The number of nitrogens with zero attached hydrogens (tertiary/aromatic N) is 1. The number of ether oxygens (including phenoxy) is 1. The zero-order valence-corrected chi connectivity index (χ0v) is 12.5. The quantitative estimate of drug-likeness (QED) is 0.671. The second-order valence-corrected chi connectivity index (χ2v) is 5.86. The molecular weight excluding hydrogens is 228 g/mol. The van der Waals surface area contributed by atoms with E-state index in [9.17, 15) is 4.79 Å². The summed E-state index contributed by atoms with van der Waals surface area (Å²) in [5.74, 6) is 0.468. The highest BCUT2D eigenvalue weighted by molar-refractivity contribution is 5.80. The third-order valence-corrected chi connectivity index (χ3v) is 3.46. The Labute approximate surface area is 111 Å². The Morgan fingerprint density at radius 1 is 1.50 bits per heavy atom. The zero-order chi connectivity index (χ0) is 13.8. The monoisotopic (exact) mass is 256 g/mol.